The SMILES string of the molecule is Cc1c(N=[N+]=[N-])ccc(Br)c1N=[N+]=[N-]. The Morgan fingerprint density at radius 3 is 2.43 bits per heavy atom. The lowest BCUT2D eigenvalue weighted by Crippen LogP contribution is -1.76. The van der Waals surface area contributed by atoms with Gasteiger partial charge in [-0.3, -0.25) is 0 Å². The molecule has 0 aromatic heterocycles. The molecule has 0 atom stereocenters. The van der Waals surface area contributed by atoms with Gasteiger partial charge in [0.25, 0.3) is 0 Å². The van der Waals surface area contributed by atoms with Crippen molar-refractivity contribution in [1.29, 1.82) is 0 Å². The molecule has 0 aliphatic carbocycles. The summed E-state index contributed by atoms with van der Waals surface area (Å²) in [6.45, 7) is 1.72. The molecule has 1 rings (SSSR count). The third kappa shape index (κ3) is 1.97. The van der Waals surface area contributed by atoms with E-state index in [0.29, 0.717) is 21.4 Å². The van der Waals surface area contributed by atoms with Crippen molar-refractivity contribution in [2.45, 2.75) is 6.92 Å². The molecule has 0 saturated carbocycles. The lowest BCUT2D eigenvalue weighted by atomic mass is 10.2. The minimum absolute atomic E-state index is 0.442. The highest BCUT2D eigenvalue weighted by Crippen LogP contribution is 2.35. The van der Waals surface area contributed by atoms with Gasteiger partial charge in [0.05, 0.1) is 5.69 Å². The molecule has 0 radical (unpaired) electrons. The van der Waals surface area contributed by atoms with Crippen LogP contribution in [0.1, 0.15) is 5.56 Å². The van der Waals surface area contributed by atoms with Crippen molar-refractivity contribution < 1.29 is 0 Å². The number of hydrogen-bond acceptors (Lipinski definition) is 2. The molecule has 0 aliphatic heterocycles. The third-order valence-corrected chi connectivity index (χ3v) is 2.29. The quantitative estimate of drug-likeness (QED) is 0.416. The van der Waals surface area contributed by atoms with Gasteiger partial charge in [0.1, 0.15) is 0 Å². The van der Waals surface area contributed by atoms with E-state index in [0.717, 1.165) is 0 Å². The zero-order chi connectivity index (χ0) is 10.6. The summed E-state index contributed by atoms with van der Waals surface area (Å²) >= 11 is 3.23. The molecule has 7 heteroatoms. The highest BCUT2D eigenvalue weighted by atomic mass is 79.9. The number of azide groups is 2. The van der Waals surface area contributed by atoms with Gasteiger partial charge in [-0.25, -0.2) is 0 Å². The largest absolute Gasteiger partial charge is 0.0605 e. The van der Waals surface area contributed by atoms with Crippen molar-refractivity contribution in [1.82, 2.24) is 0 Å². The molecule has 0 amide bonds. The zero-order valence-corrected chi connectivity index (χ0v) is 8.80. The maximum atomic E-state index is 8.32. The lowest BCUT2D eigenvalue weighted by Gasteiger charge is -2.04. The van der Waals surface area contributed by atoms with Gasteiger partial charge in [0.2, 0.25) is 0 Å². The van der Waals surface area contributed by atoms with Crippen LogP contribution in [0.15, 0.2) is 26.8 Å². The minimum atomic E-state index is 0.442. The van der Waals surface area contributed by atoms with E-state index in [1.165, 1.54) is 0 Å². The van der Waals surface area contributed by atoms with E-state index in [1.54, 1.807) is 19.1 Å². The fourth-order valence-electron chi connectivity index (χ4n) is 0.980. The zero-order valence-electron chi connectivity index (χ0n) is 7.22. The van der Waals surface area contributed by atoms with Crippen molar-refractivity contribution >= 4 is 27.3 Å². The summed E-state index contributed by atoms with van der Waals surface area (Å²) in [6, 6.07) is 3.32. The Morgan fingerprint density at radius 2 is 1.86 bits per heavy atom. The van der Waals surface area contributed by atoms with Gasteiger partial charge in [-0.15, -0.1) is 0 Å². The van der Waals surface area contributed by atoms with Crippen LogP contribution in [-0.4, -0.2) is 0 Å². The van der Waals surface area contributed by atoms with Crippen LogP contribution in [0.4, 0.5) is 11.4 Å². The van der Waals surface area contributed by atoms with Gasteiger partial charge in [-0.05, 0) is 29.6 Å². The predicted octanol–water partition coefficient (Wildman–Crippen LogP) is 4.64. The number of halogens is 1. The van der Waals surface area contributed by atoms with E-state index in [-0.39, 0.29) is 0 Å². The van der Waals surface area contributed by atoms with E-state index in [1.807, 2.05) is 0 Å². The summed E-state index contributed by atoms with van der Waals surface area (Å²) in [7, 11) is 0. The topological polar surface area (TPSA) is 97.5 Å². The molecule has 14 heavy (non-hydrogen) atoms. The Balaban J connectivity index is 3.47. The number of benzene rings is 1. The fraction of sp³-hybridized carbons (Fsp3) is 0.143. The molecule has 0 unspecified atom stereocenters. The molecule has 0 heterocycles. The first kappa shape index (κ1) is 10.4. The first-order chi connectivity index (χ1) is 6.70. The van der Waals surface area contributed by atoms with E-state index in [9.17, 15) is 0 Å². The smallest absolute Gasteiger partial charge is 0.0551 e. The number of nitrogens with zero attached hydrogens (tertiary/aromatic N) is 6. The monoisotopic (exact) mass is 252 g/mol. The molecule has 0 fully saturated rings. The third-order valence-electron chi connectivity index (χ3n) is 1.65. The van der Waals surface area contributed by atoms with E-state index >= 15 is 0 Å². The van der Waals surface area contributed by atoms with E-state index in [4.69, 9.17) is 11.1 Å². The average molecular weight is 253 g/mol. The normalized spacial score (nSPS) is 8.71. The minimum Gasteiger partial charge on any atom is -0.0605 e. The summed E-state index contributed by atoms with van der Waals surface area (Å²) in [4.78, 5) is 5.36. The van der Waals surface area contributed by atoms with Crippen LogP contribution in [-0.2, 0) is 0 Å². The van der Waals surface area contributed by atoms with Crippen LogP contribution in [0.5, 0.6) is 0 Å². The summed E-state index contributed by atoms with van der Waals surface area (Å²) in [5.74, 6) is 0. The molecule has 0 bridgehead atoms. The van der Waals surface area contributed by atoms with Gasteiger partial charge in [0.15, 0.2) is 0 Å². The molecule has 70 valence electrons. The Morgan fingerprint density at radius 1 is 1.21 bits per heavy atom. The van der Waals surface area contributed by atoms with Crippen LogP contribution in [0.25, 0.3) is 20.9 Å². The predicted molar refractivity (Wildman–Crippen MR) is 56.5 cm³/mol. The molecular weight excluding hydrogens is 248 g/mol. The fourth-order valence-corrected chi connectivity index (χ4v) is 1.49. The van der Waals surface area contributed by atoms with Crippen molar-refractivity contribution in [3.8, 4) is 0 Å². The molecule has 0 aliphatic rings. The molecular formula is C7H5BrN6. The second kappa shape index (κ2) is 4.53. The Kier molecular flexibility index (Phi) is 3.36. The van der Waals surface area contributed by atoms with Gasteiger partial charge < -0.3 is 0 Å². The van der Waals surface area contributed by atoms with Crippen molar-refractivity contribution in [2.75, 3.05) is 0 Å². The molecule has 6 nitrogen and oxygen atoms in total. The summed E-state index contributed by atoms with van der Waals surface area (Å²) in [5, 5.41) is 6.97. The number of hydrogen-bond donors (Lipinski definition) is 0. The maximum absolute atomic E-state index is 8.32. The van der Waals surface area contributed by atoms with E-state index in [2.05, 4.69) is 36.0 Å². The van der Waals surface area contributed by atoms with Crippen LogP contribution >= 0.6 is 15.9 Å². The second-order valence-electron chi connectivity index (χ2n) is 2.42. The number of rotatable bonds is 2. The van der Waals surface area contributed by atoms with Crippen LogP contribution in [0.2, 0.25) is 0 Å². The highest BCUT2D eigenvalue weighted by Gasteiger charge is 2.05. The summed E-state index contributed by atoms with van der Waals surface area (Å²) in [6.07, 6.45) is 0. The molecule has 0 saturated heterocycles. The Labute approximate surface area is 87.9 Å². The van der Waals surface area contributed by atoms with Crippen LogP contribution in [0.3, 0.4) is 0 Å². The summed E-state index contributed by atoms with van der Waals surface area (Å²) in [5.41, 5.74) is 18.1. The summed E-state index contributed by atoms with van der Waals surface area (Å²) < 4.78 is 0.671. The van der Waals surface area contributed by atoms with Crippen molar-refractivity contribution in [3.63, 3.8) is 0 Å². The van der Waals surface area contributed by atoms with Gasteiger partial charge >= 0.3 is 0 Å². The Hall–Kier alpha value is -1.68. The van der Waals surface area contributed by atoms with Crippen LogP contribution in [0, 0.1) is 6.92 Å². The lowest BCUT2D eigenvalue weighted by molar-refractivity contribution is 1.32. The van der Waals surface area contributed by atoms with Crippen molar-refractivity contribution in [3.05, 3.63) is 43.1 Å². The van der Waals surface area contributed by atoms with Crippen LogP contribution < -0.4 is 0 Å². The average Bonchev–Trinajstić information content (AvgIpc) is 2.17. The van der Waals surface area contributed by atoms with Crippen molar-refractivity contribution in [2.24, 2.45) is 10.2 Å². The maximum Gasteiger partial charge on any atom is 0.0551 e. The van der Waals surface area contributed by atoms with Gasteiger partial charge in [-0.1, -0.05) is 32.2 Å². The van der Waals surface area contributed by atoms with Gasteiger partial charge in [-0.2, -0.15) is 0 Å². The Bertz CT molecular complexity index is 455. The second-order valence-corrected chi connectivity index (χ2v) is 3.27. The molecule has 0 N–H and O–H groups in total. The molecule has 0 spiro atoms. The highest BCUT2D eigenvalue weighted by molar-refractivity contribution is 9.10. The standard InChI is InChI=1S/C7H5BrN6/c1-4-6(11-13-9)3-2-5(8)7(4)12-14-10/h2-3H,1H3. The first-order valence-electron chi connectivity index (χ1n) is 3.60. The molecule has 1 aromatic carbocycles. The first-order valence-corrected chi connectivity index (χ1v) is 4.39. The van der Waals surface area contributed by atoms with E-state index < -0.39 is 0 Å². The molecule has 1 aromatic rings. The van der Waals surface area contributed by atoms with Gasteiger partial charge in [0, 0.05) is 20.0 Å².